The maximum Gasteiger partial charge on any atom is 0.139 e. The largest absolute Gasteiger partial charge is 0.378 e. The Balaban J connectivity index is 2.21. The number of rotatable bonds is 3. The smallest absolute Gasteiger partial charge is 0.139 e. The zero-order chi connectivity index (χ0) is 13.1. The third kappa shape index (κ3) is 2.35. The van der Waals surface area contributed by atoms with Gasteiger partial charge in [0.1, 0.15) is 5.76 Å². The van der Waals surface area contributed by atoms with E-state index in [0.717, 1.165) is 22.7 Å². The summed E-state index contributed by atoms with van der Waals surface area (Å²) >= 11 is 0. The summed E-state index contributed by atoms with van der Waals surface area (Å²) in [6, 6.07) is 9.63. The van der Waals surface area contributed by atoms with Crippen molar-refractivity contribution in [1.29, 1.82) is 5.26 Å². The molecule has 0 amide bonds. The first-order valence-electron chi connectivity index (χ1n) is 5.81. The molecule has 0 aliphatic rings. The van der Waals surface area contributed by atoms with Crippen LogP contribution < -0.4 is 5.32 Å². The third-order valence-electron chi connectivity index (χ3n) is 2.90. The molecule has 0 bridgehead atoms. The van der Waals surface area contributed by atoms with E-state index >= 15 is 0 Å². The van der Waals surface area contributed by atoms with E-state index < -0.39 is 0 Å². The molecule has 0 spiro atoms. The zero-order valence-electron chi connectivity index (χ0n) is 10.7. The van der Waals surface area contributed by atoms with E-state index in [1.807, 2.05) is 39.0 Å². The van der Waals surface area contributed by atoms with Gasteiger partial charge in [-0.2, -0.15) is 5.26 Å². The predicted molar refractivity (Wildman–Crippen MR) is 69.2 cm³/mol. The summed E-state index contributed by atoms with van der Waals surface area (Å²) < 4.78 is 5.16. The van der Waals surface area contributed by atoms with Gasteiger partial charge in [-0.1, -0.05) is 11.2 Å². The number of anilines is 1. The van der Waals surface area contributed by atoms with Gasteiger partial charge in [0.15, 0.2) is 0 Å². The fourth-order valence-electron chi connectivity index (χ4n) is 2.11. The van der Waals surface area contributed by atoms with Crippen molar-refractivity contribution < 1.29 is 4.52 Å². The van der Waals surface area contributed by atoms with E-state index in [0.29, 0.717) is 5.56 Å². The van der Waals surface area contributed by atoms with Crippen LogP contribution in [-0.2, 0) is 0 Å². The molecular formula is C14H15N3O. The lowest BCUT2D eigenvalue weighted by Crippen LogP contribution is -2.08. The van der Waals surface area contributed by atoms with Crippen molar-refractivity contribution >= 4 is 5.69 Å². The molecule has 1 atom stereocenters. The van der Waals surface area contributed by atoms with Crippen molar-refractivity contribution in [2.75, 3.05) is 5.32 Å². The van der Waals surface area contributed by atoms with Crippen LogP contribution in [0.5, 0.6) is 0 Å². The topological polar surface area (TPSA) is 61.9 Å². The summed E-state index contributed by atoms with van der Waals surface area (Å²) in [6.45, 7) is 5.88. The quantitative estimate of drug-likeness (QED) is 0.895. The monoisotopic (exact) mass is 241 g/mol. The first-order valence-corrected chi connectivity index (χ1v) is 5.81. The number of nitriles is 1. The van der Waals surface area contributed by atoms with Crippen molar-refractivity contribution in [2.24, 2.45) is 0 Å². The Morgan fingerprint density at radius 2 is 2.17 bits per heavy atom. The molecular weight excluding hydrogens is 226 g/mol. The van der Waals surface area contributed by atoms with E-state index in [4.69, 9.17) is 9.78 Å². The highest BCUT2D eigenvalue weighted by atomic mass is 16.5. The molecule has 4 nitrogen and oxygen atoms in total. The van der Waals surface area contributed by atoms with Gasteiger partial charge in [0.2, 0.25) is 0 Å². The number of nitrogens with one attached hydrogen (secondary N) is 1. The third-order valence-corrected chi connectivity index (χ3v) is 2.90. The van der Waals surface area contributed by atoms with Gasteiger partial charge in [0.25, 0.3) is 0 Å². The first kappa shape index (κ1) is 12.2. The SMILES string of the molecule is Cc1noc(C)c1C(C)Nc1cccc(C#N)c1. The summed E-state index contributed by atoms with van der Waals surface area (Å²) in [7, 11) is 0. The van der Waals surface area contributed by atoms with Crippen LogP contribution >= 0.6 is 0 Å². The van der Waals surface area contributed by atoms with Gasteiger partial charge in [-0.15, -0.1) is 0 Å². The Kier molecular flexibility index (Phi) is 3.33. The van der Waals surface area contributed by atoms with Crippen LogP contribution in [0, 0.1) is 25.2 Å². The van der Waals surface area contributed by atoms with Crippen LogP contribution in [0.1, 0.15) is 35.5 Å². The van der Waals surface area contributed by atoms with E-state index in [2.05, 4.69) is 16.5 Å². The molecule has 2 rings (SSSR count). The van der Waals surface area contributed by atoms with Gasteiger partial charge in [0, 0.05) is 11.3 Å². The van der Waals surface area contributed by atoms with Gasteiger partial charge in [-0.05, 0) is 39.0 Å². The maximum absolute atomic E-state index is 8.87. The lowest BCUT2D eigenvalue weighted by atomic mass is 10.1. The Bertz CT molecular complexity index is 576. The molecule has 0 saturated carbocycles. The second-order valence-electron chi connectivity index (χ2n) is 4.30. The van der Waals surface area contributed by atoms with E-state index in [9.17, 15) is 0 Å². The Morgan fingerprint density at radius 1 is 1.39 bits per heavy atom. The molecule has 0 aliphatic carbocycles. The van der Waals surface area contributed by atoms with Gasteiger partial charge in [0.05, 0.1) is 23.4 Å². The number of hydrogen-bond acceptors (Lipinski definition) is 4. The van der Waals surface area contributed by atoms with Crippen molar-refractivity contribution in [3.63, 3.8) is 0 Å². The van der Waals surface area contributed by atoms with Crippen molar-refractivity contribution in [3.05, 3.63) is 46.8 Å². The van der Waals surface area contributed by atoms with E-state index in [-0.39, 0.29) is 6.04 Å². The second-order valence-corrected chi connectivity index (χ2v) is 4.30. The molecule has 0 fully saturated rings. The average Bonchev–Trinajstić information content (AvgIpc) is 2.69. The number of nitrogens with zero attached hydrogens (tertiary/aromatic N) is 2. The molecule has 1 aromatic carbocycles. The second kappa shape index (κ2) is 4.92. The van der Waals surface area contributed by atoms with Crippen LogP contribution in [0.3, 0.4) is 0 Å². The molecule has 92 valence electrons. The van der Waals surface area contributed by atoms with Gasteiger partial charge < -0.3 is 9.84 Å². The summed E-state index contributed by atoms with van der Waals surface area (Å²) in [4.78, 5) is 0. The molecule has 1 unspecified atom stereocenters. The minimum Gasteiger partial charge on any atom is -0.378 e. The molecule has 0 aliphatic heterocycles. The number of benzene rings is 1. The van der Waals surface area contributed by atoms with E-state index in [1.165, 1.54) is 0 Å². The number of aryl methyl sites for hydroxylation is 2. The maximum atomic E-state index is 8.87. The molecule has 0 radical (unpaired) electrons. The summed E-state index contributed by atoms with van der Waals surface area (Å²) in [5, 5.41) is 16.2. The molecule has 0 saturated heterocycles. The fraction of sp³-hybridized carbons (Fsp3) is 0.286. The normalized spacial score (nSPS) is 11.9. The molecule has 1 heterocycles. The number of hydrogen-bond donors (Lipinski definition) is 1. The Labute approximate surface area is 106 Å². The van der Waals surface area contributed by atoms with Crippen LogP contribution in [0.15, 0.2) is 28.8 Å². The number of aromatic nitrogens is 1. The molecule has 1 aromatic heterocycles. The van der Waals surface area contributed by atoms with Crippen LogP contribution in [0.2, 0.25) is 0 Å². The van der Waals surface area contributed by atoms with E-state index in [1.54, 1.807) is 6.07 Å². The van der Waals surface area contributed by atoms with Crippen LogP contribution in [-0.4, -0.2) is 5.16 Å². The molecule has 18 heavy (non-hydrogen) atoms. The van der Waals surface area contributed by atoms with Gasteiger partial charge in [-0.25, -0.2) is 0 Å². The summed E-state index contributed by atoms with van der Waals surface area (Å²) in [5.41, 5.74) is 3.52. The van der Waals surface area contributed by atoms with Crippen molar-refractivity contribution in [2.45, 2.75) is 26.8 Å². The first-order chi connectivity index (χ1) is 8.61. The van der Waals surface area contributed by atoms with Crippen LogP contribution in [0.25, 0.3) is 0 Å². The van der Waals surface area contributed by atoms with Gasteiger partial charge >= 0.3 is 0 Å². The lowest BCUT2D eigenvalue weighted by Gasteiger charge is -2.15. The Hall–Kier alpha value is -2.28. The minimum atomic E-state index is 0.0881. The fourth-order valence-corrected chi connectivity index (χ4v) is 2.11. The standard InChI is InChI=1S/C14H15N3O/c1-9(14-10(2)17-18-11(14)3)16-13-6-4-5-12(7-13)8-15/h4-7,9,16H,1-3H3. The highest BCUT2D eigenvalue weighted by Crippen LogP contribution is 2.25. The predicted octanol–water partition coefficient (Wildman–Crippen LogP) is 3.34. The Morgan fingerprint density at radius 3 is 2.78 bits per heavy atom. The zero-order valence-corrected chi connectivity index (χ0v) is 10.7. The molecule has 1 N–H and O–H groups in total. The average molecular weight is 241 g/mol. The molecule has 4 heteroatoms. The van der Waals surface area contributed by atoms with Crippen molar-refractivity contribution in [3.8, 4) is 6.07 Å². The summed E-state index contributed by atoms with van der Waals surface area (Å²) in [6.07, 6.45) is 0. The highest BCUT2D eigenvalue weighted by Gasteiger charge is 2.16. The molecule has 2 aromatic rings. The lowest BCUT2D eigenvalue weighted by molar-refractivity contribution is 0.392. The van der Waals surface area contributed by atoms with Crippen molar-refractivity contribution in [1.82, 2.24) is 5.16 Å². The van der Waals surface area contributed by atoms with Gasteiger partial charge in [-0.3, -0.25) is 0 Å². The minimum absolute atomic E-state index is 0.0881. The van der Waals surface area contributed by atoms with Crippen LogP contribution in [0.4, 0.5) is 5.69 Å². The summed E-state index contributed by atoms with van der Waals surface area (Å²) in [5.74, 6) is 0.823. The highest BCUT2D eigenvalue weighted by molar-refractivity contribution is 5.51.